The second-order valence-corrected chi connectivity index (χ2v) is 4.17. The van der Waals surface area contributed by atoms with Gasteiger partial charge in [0.05, 0.1) is 16.3 Å². The molecule has 0 saturated heterocycles. The highest BCUT2D eigenvalue weighted by Crippen LogP contribution is 2.30. The normalized spacial score (nSPS) is 10.3. The predicted octanol–water partition coefficient (Wildman–Crippen LogP) is 2.26. The molecule has 2 heterocycles. The number of aryl methyl sites for hydroxylation is 2. The lowest BCUT2D eigenvalue weighted by Crippen LogP contribution is -1.89. The van der Waals surface area contributed by atoms with E-state index in [0.717, 1.165) is 27.2 Å². The van der Waals surface area contributed by atoms with E-state index >= 15 is 0 Å². The summed E-state index contributed by atoms with van der Waals surface area (Å²) in [5.41, 5.74) is 1.95. The Morgan fingerprint density at radius 3 is 2.67 bits per heavy atom. The molecule has 2 aromatic rings. The molecule has 0 radical (unpaired) electrons. The molecule has 0 aliphatic rings. The zero-order chi connectivity index (χ0) is 10.8. The quantitative estimate of drug-likeness (QED) is 0.843. The number of rotatable bonds is 2. The molecule has 0 amide bonds. The molecular weight excluding hydrogens is 208 g/mol. The van der Waals surface area contributed by atoms with Crippen molar-refractivity contribution in [3.05, 3.63) is 23.8 Å². The van der Waals surface area contributed by atoms with Gasteiger partial charge in [0.2, 0.25) is 0 Å². The molecular formula is C10H12N4S. The lowest BCUT2D eigenvalue weighted by molar-refractivity contribution is 1.06. The maximum Gasteiger partial charge on any atom is 0.183 e. The summed E-state index contributed by atoms with van der Waals surface area (Å²) in [7, 11) is 1.87. The molecule has 0 aromatic carbocycles. The molecule has 78 valence electrons. The molecule has 0 fully saturated rings. The van der Waals surface area contributed by atoms with Crippen molar-refractivity contribution in [2.75, 3.05) is 12.4 Å². The summed E-state index contributed by atoms with van der Waals surface area (Å²) in [6.07, 6.45) is 1.77. The molecule has 0 aliphatic heterocycles. The second kappa shape index (κ2) is 3.94. The molecule has 0 atom stereocenters. The highest BCUT2D eigenvalue weighted by Gasteiger charge is 2.09. The number of nitrogens with one attached hydrogen (secondary N) is 1. The number of nitrogens with zero attached hydrogens (tertiary/aromatic N) is 3. The summed E-state index contributed by atoms with van der Waals surface area (Å²) in [4.78, 5) is 13.9. The van der Waals surface area contributed by atoms with E-state index in [-0.39, 0.29) is 0 Å². The lowest BCUT2D eigenvalue weighted by Gasteiger charge is -1.97. The first-order valence-electron chi connectivity index (χ1n) is 4.66. The largest absolute Gasteiger partial charge is 0.365 e. The smallest absolute Gasteiger partial charge is 0.183 e. The molecule has 0 spiro atoms. The fraction of sp³-hybridized carbons (Fsp3) is 0.300. The van der Waals surface area contributed by atoms with Crippen LogP contribution in [0.3, 0.4) is 0 Å². The van der Waals surface area contributed by atoms with Crippen molar-refractivity contribution in [1.82, 2.24) is 15.0 Å². The Bertz CT molecular complexity index is 478. The highest BCUT2D eigenvalue weighted by atomic mass is 32.1. The van der Waals surface area contributed by atoms with E-state index in [2.05, 4.69) is 20.3 Å². The minimum atomic E-state index is 0.784. The summed E-state index contributed by atoms with van der Waals surface area (Å²) in [5, 5.41) is 3.95. The SMILES string of the molecule is CNc1nc(C)c(-c2ccnc(C)n2)s1. The van der Waals surface area contributed by atoms with Gasteiger partial charge in [-0.2, -0.15) is 0 Å². The first kappa shape index (κ1) is 10.0. The number of aromatic nitrogens is 3. The maximum atomic E-state index is 4.38. The molecule has 0 bridgehead atoms. The van der Waals surface area contributed by atoms with Crippen molar-refractivity contribution in [1.29, 1.82) is 0 Å². The van der Waals surface area contributed by atoms with E-state index < -0.39 is 0 Å². The maximum absolute atomic E-state index is 4.38. The van der Waals surface area contributed by atoms with Crippen LogP contribution >= 0.6 is 11.3 Å². The molecule has 2 aromatic heterocycles. The highest BCUT2D eigenvalue weighted by molar-refractivity contribution is 7.19. The third-order valence-electron chi connectivity index (χ3n) is 2.02. The van der Waals surface area contributed by atoms with Crippen molar-refractivity contribution < 1.29 is 0 Å². The van der Waals surface area contributed by atoms with Crippen LogP contribution in [-0.4, -0.2) is 22.0 Å². The predicted molar refractivity (Wildman–Crippen MR) is 62.2 cm³/mol. The lowest BCUT2D eigenvalue weighted by atomic mass is 10.3. The van der Waals surface area contributed by atoms with Crippen molar-refractivity contribution in [2.45, 2.75) is 13.8 Å². The molecule has 0 saturated carbocycles. The molecule has 1 N–H and O–H groups in total. The van der Waals surface area contributed by atoms with Gasteiger partial charge in [-0.1, -0.05) is 11.3 Å². The summed E-state index contributed by atoms with van der Waals surface area (Å²) in [6, 6.07) is 1.91. The number of hydrogen-bond donors (Lipinski definition) is 1. The molecule has 2 rings (SSSR count). The van der Waals surface area contributed by atoms with Crippen LogP contribution in [0.25, 0.3) is 10.6 Å². The fourth-order valence-corrected chi connectivity index (χ4v) is 2.21. The van der Waals surface area contributed by atoms with Crippen molar-refractivity contribution >= 4 is 16.5 Å². The van der Waals surface area contributed by atoms with Gasteiger partial charge >= 0.3 is 0 Å². The van der Waals surface area contributed by atoms with E-state index in [1.165, 1.54) is 0 Å². The van der Waals surface area contributed by atoms with Crippen molar-refractivity contribution in [3.8, 4) is 10.6 Å². The number of anilines is 1. The van der Waals surface area contributed by atoms with Gasteiger partial charge in [-0.3, -0.25) is 0 Å². The first-order valence-corrected chi connectivity index (χ1v) is 5.47. The van der Waals surface area contributed by atoms with E-state index in [4.69, 9.17) is 0 Å². The Labute approximate surface area is 92.4 Å². The van der Waals surface area contributed by atoms with Gasteiger partial charge in [-0.15, -0.1) is 0 Å². The van der Waals surface area contributed by atoms with Gasteiger partial charge in [0.25, 0.3) is 0 Å². The number of thiazole rings is 1. The van der Waals surface area contributed by atoms with Gasteiger partial charge < -0.3 is 5.32 Å². The van der Waals surface area contributed by atoms with Crippen LogP contribution in [0.5, 0.6) is 0 Å². The van der Waals surface area contributed by atoms with Gasteiger partial charge in [-0.05, 0) is 19.9 Å². The first-order chi connectivity index (χ1) is 7.20. The van der Waals surface area contributed by atoms with Crippen molar-refractivity contribution in [2.24, 2.45) is 0 Å². The molecule has 5 heteroatoms. The van der Waals surface area contributed by atoms with Crippen LogP contribution in [0.4, 0.5) is 5.13 Å². The Morgan fingerprint density at radius 1 is 1.27 bits per heavy atom. The van der Waals surface area contributed by atoms with Gasteiger partial charge in [0.1, 0.15) is 5.82 Å². The molecule has 0 unspecified atom stereocenters. The summed E-state index contributed by atoms with van der Waals surface area (Å²) < 4.78 is 0. The van der Waals surface area contributed by atoms with Crippen molar-refractivity contribution in [3.63, 3.8) is 0 Å². The zero-order valence-corrected chi connectivity index (χ0v) is 9.72. The van der Waals surface area contributed by atoms with Gasteiger partial charge in [0, 0.05) is 13.2 Å². The standard InChI is InChI=1S/C10H12N4S/c1-6-9(15-10(11-3)13-6)8-4-5-12-7(2)14-8/h4-5H,1-3H3,(H,11,13). The Balaban J connectivity index is 2.48. The second-order valence-electron chi connectivity index (χ2n) is 3.17. The minimum Gasteiger partial charge on any atom is -0.365 e. The minimum absolute atomic E-state index is 0.784. The van der Waals surface area contributed by atoms with Crippen LogP contribution < -0.4 is 5.32 Å². The van der Waals surface area contributed by atoms with E-state index in [9.17, 15) is 0 Å². The van der Waals surface area contributed by atoms with Gasteiger partial charge in [0.15, 0.2) is 5.13 Å². The van der Waals surface area contributed by atoms with Crippen LogP contribution in [0, 0.1) is 13.8 Å². The summed E-state index contributed by atoms with van der Waals surface area (Å²) in [5.74, 6) is 0.784. The fourth-order valence-electron chi connectivity index (χ4n) is 1.32. The van der Waals surface area contributed by atoms with Crippen LogP contribution in [0.15, 0.2) is 12.3 Å². The van der Waals surface area contributed by atoms with Crippen LogP contribution in [0.1, 0.15) is 11.5 Å². The Hall–Kier alpha value is -1.49. The van der Waals surface area contributed by atoms with Crippen LogP contribution in [0.2, 0.25) is 0 Å². The third kappa shape index (κ3) is 1.97. The molecule has 0 aliphatic carbocycles. The molecule has 15 heavy (non-hydrogen) atoms. The Morgan fingerprint density at radius 2 is 2.07 bits per heavy atom. The number of hydrogen-bond acceptors (Lipinski definition) is 5. The van der Waals surface area contributed by atoms with Crippen LogP contribution in [-0.2, 0) is 0 Å². The topological polar surface area (TPSA) is 50.7 Å². The third-order valence-corrected chi connectivity index (χ3v) is 3.22. The van der Waals surface area contributed by atoms with Gasteiger partial charge in [-0.25, -0.2) is 15.0 Å². The summed E-state index contributed by atoms with van der Waals surface area (Å²) in [6.45, 7) is 3.88. The Kier molecular flexibility index (Phi) is 2.64. The summed E-state index contributed by atoms with van der Waals surface area (Å²) >= 11 is 1.61. The molecule has 4 nitrogen and oxygen atoms in total. The van der Waals surface area contributed by atoms with E-state index in [0.29, 0.717) is 0 Å². The average Bonchev–Trinajstić information content (AvgIpc) is 2.60. The zero-order valence-electron chi connectivity index (χ0n) is 8.90. The van der Waals surface area contributed by atoms with E-state index in [1.807, 2.05) is 27.0 Å². The monoisotopic (exact) mass is 220 g/mol. The van der Waals surface area contributed by atoms with E-state index in [1.54, 1.807) is 17.5 Å². The average molecular weight is 220 g/mol.